The van der Waals surface area contributed by atoms with Crippen molar-refractivity contribution in [3.05, 3.63) is 65.4 Å². The number of ether oxygens (including phenoxy) is 1. The highest BCUT2D eigenvalue weighted by atomic mass is 16.5. The van der Waals surface area contributed by atoms with Crippen LogP contribution in [0, 0.1) is 13.8 Å². The van der Waals surface area contributed by atoms with Crippen molar-refractivity contribution < 1.29 is 4.74 Å². The van der Waals surface area contributed by atoms with Crippen LogP contribution in [0.15, 0.2) is 48.7 Å². The zero-order valence-corrected chi connectivity index (χ0v) is 12.2. The Morgan fingerprint density at radius 1 is 0.950 bits per heavy atom. The molecule has 0 fully saturated rings. The average Bonchev–Trinajstić information content (AvgIpc) is 2.80. The average molecular weight is 265 g/mol. The van der Waals surface area contributed by atoms with Gasteiger partial charge in [0.25, 0.3) is 0 Å². The lowest BCUT2D eigenvalue weighted by Gasteiger charge is -2.08. The molecule has 0 saturated carbocycles. The monoisotopic (exact) mass is 265 g/mol. The molecule has 102 valence electrons. The third-order valence-electron chi connectivity index (χ3n) is 3.61. The first-order valence-electron chi connectivity index (χ1n) is 6.86. The summed E-state index contributed by atoms with van der Waals surface area (Å²) in [6.07, 6.45) is 2.14. The van der Waals surface area contributed by atoms with Crippen LogP contribution in [0.2, 0.25) is 0 Å². The molecular formula is C18H19NO. The summed E-state index contributed by atoms with van der Waals surface area (Å²) in [5, 5.41) is 1.22. The maximum atomic E-state index is 5.27. The second kappa shape index (κ2) is 5.04. The number of benzene rings is 2. The normalized spacial score (nSPS) is 10.9. The largest absolute Gasteiger partial charge is 0.497 e. The number of aryl methyl sites for hydroxylation is 2. The van der Waals surface area contributed by atoms with Crippen molar-refractivity contribution >= 4 is 10.9 Å². The van der Waals surface area contributed by atoms with Gasteiger partial charge in [0.15, 0.2) is 0 Å². The molecule has 0 bridgehead atoms. The van der Waals surface area contributed by atoms with Crippen LogP contribution in [-0.4, -0.2) is 11.7 Å². The van der Waals surface area contributed by atoms with E-state index in [0.717, 1.165) is 12.3 Å². The molecule has 0 aliphatic carbocycles. The summed E-state index contributed by atoms with van der Waals surface area (Å²) < 4.78 is 7.55. The summed E-state index contributed by atoms with van der Waals surface area (Å²) >= 11 is 0. The second-order valence-corrected chi connectivity index (χ2v) is 5.36. The fourth-order valence-electron chi connectivity index (χ4n) is 2.80. The van der Waals surface area contributed by atoms with Crippen molar-refractivity contribution in [1.82, 2.24) is 4.57 Å². The lowest BCUT2D eigenvalue weighted by molar-refractivity contribution is 0.415. The van der Waals surface area contributed by atoms with E-state index in [2.05, 4.69) is 61.0 Å². The summed E-state index contributed by atoms with van der Waals surface area (Å²) in [4.78, 5) is 0. The molecule has 1 aromatic heterocycles. The first-order valence-corrected chi connectivity index (χ1v) is 6.86. The Kier molecular flexibility index (Phi) is 3.23. The third kappa shape index (κ3) is 2.42. The van der Waals surface area contributed by atoms with Gasteiger partial charge in [-0.1, -0.05) is 29.3 Å². The van der Waals surface area contributed by atoms with Crippen molar-refractivity contribution in [3.8, 4) is 5.75 Å². The zero-order valence-electron chi connectivity index (χ0n) is 12.2. The van der Waals surface area contributed by atoms with Crippen molar-refractivity contribution in [2.75, 3.05) is 7.11 Å². The van der Waals surface area contributed by atoms with E-state index in [1.54, 1.807) is 7.11 Å². The van der Waals surface area contributed by atoms with Crippen LogP contribution in [0.5, 0.6) is 5.75 Å². The molecule has 2 aromatic carbocycles. The standard InChI is InChI=1S/C18H19NO/c1-13-8-14(2)10-15(9-13)12-19-7-6-16-11-17(20-3)4-5-18(16)19/h4-11H,12H2,1-3H3. The quantitative estimate of drug-likeness (QED) is 0.688. The van der Waals surface area contributed by atoms with E-state index in [4.69, 9.17) is 4.74 Å². The molecule has 0 atom stereocenters. The van der Waals surface area contributed by atoms with Gasteiger partial charge in [0.2, 0.25) is 0 Å². The number of fused-ring (bicyclic) bond motifs is 1. The van der Waals surface area contributed by atoms with E-state index >= 15 is 0 Å². The Bertz CT molecular complexity index is 735. The molecule has 0 N–H and O–H groups in total. The summed E-state index contributed by atoms with van der Waals surface area (Å²) in [5.74, 6) is 0.904. The van der Waals surface area contributed by atoms with Crippen LogP contribution in [0.25, 0.3) is 10.9 Å². The van der Waals surface area contributed by atoms with E-state index in [1.165, 1.54) is 27.6 Å². The van der Waals surface area contributed by atoms with Crippen molar-refractivity contribution in [1.29, 1.82) is 0 Å². The second-order valence-electron chi connectivity index (χ2n) is 5.36. The van der Waals surface area contributed by atoms with Gasteiger partial charge in [-0.3, -0.25) is 0 Å². The van der Waals surface area contributed by atoms with Crippen LogP contribution in [-0.2, 0) is 6.54 Å². The van der Waals surface area contributed by atoms with Gasteiger partial charge in [0.05, 0.1) is 7.11 Å². The van der Waals surface area contributed by atoms with E-state index < -0.39 is 0 Å². The molecule has 0 saturated heterocycles. The fourth-order valence-corrected chi connectivity index (χ4v) is 2.80. The molecule has 3 rings (SSSR count). The van der Waals surface area contributed by atoms with Crippen LogP contribution in [0.3, 0.4) is 0 Å². The van der Waals surface area contributed by atoms with Crippen LogP contribution < -0.4 is 4.74 Å². The Labute approximate surface area is 119 Å². The van der Waals surface area contributed by atoms with Gasteiger partial charge >= 0.3 is 0 Å². The van der Waals surface area contributed by atoms with E-state index in [-0.39, 0.29) is 0 Å². The summed E-state index contributed by atoms with van der Waals surface area (Å²) in [5.41, 5.74) is 5.22. The smallest absolute Gasteiger partial charge is 0.119 e. The molecule has 0 aliphatic rings. The van der Waals surface area contributed by atoms with Crippen LogP contribution in [0.4, 0.5) is 0 Å². The minimum atomic E-state index is 0.901. The minimum Gasteiger partial charge on any atom is -0.497 e. The van der Waals surface area contributed by atoms with Gasteiger partial charge < -0.3 is 9.30 Å². The fraction of sp³-hybridized carbons (Fsp3) is 0.222. The van der Waals surface area contributed by atoms with E-state index in [0.29, 0.717) is 0 Å². The first kappa shape index (κ1) is 12.8. The number of aromatic nitrogens is 1. The molecule has 0 aliphatic heterocycles. The molecule has 0 amide bonds. The molecule has 2 heteroatoms. The molecular weight excluding hydrogens is 246 g/mol. The van der Waals surface area contributed by atoms with Crippen molar-refractivity contribution in [3.63, 3.8) is 0 Å². The highest BCUT2D eigenvalue weighted by Gasteiger charge is 2.04. The van der Waals surface area contributed by atoms with Crippen LogP contribution in [0.1, 0.15) is 16.7 Å². The summed E-state index contributed by atoms with van der Waals surface area (Å²) in [6, 6.07) is 15.1. The Morgan fingerprint density at radius 3 is 2.40 bits per heavy atom. The SMILES string of the molecule is COc1ccc2c(ccn2Cc2cc(C)cc(C)c2)c1. The van der Waals surface area contributed by atoms with E-state index in [1.807, 2.05) is 6.07 Å². The summed E-state index contributed by atoms with van der Waals surface area (Å²) in [6.45, 7) is 5.20. The number of nitrogens with zero attached hydrogens (tertiary/aromatic N) is 1. The minimum absolute atomic E-state index is 0.901. The highest BCUT2D eigenvalue weighted by Crippen LogP contribution is 2.23. The van der Waals surface area contributed by atoms with Crippen molar-refractivity contribution in [2.24, 2.45) is 0 Å². The maximum Gasteiger partial charge on any atom is 0.119 e. The van der Waals surface area contributed by atoms with Gasteiger partial charge in [-0.05, 0) is 43.7 Å². The molecule has 0 spiro atoms. The van der Waals surface area contributed by atoms with Gasteiger partial charge in [-0.25, -0.2) is 0 Å². The molecule has 3 aromatic rings. The molecule has 0 radical (unpaired) electrons. The van der Waals surface area contributed by atoms with Crippen molar-refractivity contribution in [2.45, 2.75) is 20.4 Å². The van der Waals surface area contributed by atoms with Gasteiger partial charge in [-0.2, -0.15) is 0 Å². The van der Waals surface area contributed by atoms with Gasteiger partial charge in [-0.15, -0.1) is 0 Å². The Morgan fingerprint density at radius 2 is 1.70 bits per heavy atom. The van der Waals surface area contributed by atoms with E-state index in [9.17, 15) is 0 Å². The number of rotatable bonds is 3. The molecule has 20 heavy (non-hydrogen) atoms. The number of methoxy groups -OCH3 is 1. The number of hydrogen-bond donors (Lipinski definition) is 0. The first-order chi connectivity index (χ1) is 9.65. The molecule has 1 heterocycles. The third-order valence-corrected chi connectivity index (χ3v) is 3.61. The van der Waals surface area contributed by atoms with Gasteiger partial charge in [0.1, 0.15) is 5.75 Å². The predicted octanol–water partition coefficient (Wildman–Crippen LogP) is 4.32. The Balaban J connectivity index is 1.98. The summed E-state index contributed by atoms with van der Waals surface area (Å²) in [7, 11) is 1.70. The highest BCUT2D eigenvalue weighted by molar-refractivity contribution is 5.81. The van der Waals surface area contributed by atoms with Gasteiger partial charge in [0, 0.05) is 23.6 Å². The zero-order chi connectivity index (χ0) is 14.1. The van der Waals surface area contributed by atoms with Crippen LogP contribution >= 0.6 is 0 Å². The molecule has 2 nitrogen and oxygen atoms in total. The number of hydrogen-bond acceptors (Lipinski definition) is 1. The topological polar surface area (TPSA) is 14.2 Å². The predicted molar refractivity (Wildman–Crippen MR) is 83.5 cm³/mol. The lowest BCUT2D eigenvalue weighted by Crippen LogP contribution is -1.98. The maximum absolute atomic E-state index is 5.27. The molecule has 0 unspecified atom stereocenters. The Hall–Kier alpha value is -2.22. The lowest BCUT2D eigenvalue weighted by atomic mass is 10.1.